The summed E-state index contributed by atoms with van der Waals surface area (Å²) in [4.78, 5) is 4.56. The van der Waals surface area contributed by atoms with Crippen molar-refractivity contribution in [2.75, 3.05) is 11.9 Å². The number of nitrogens with zero attached hydrogens (tertiary/aromatic N) is 1. The number of anilines is 1. The molecule has 0 aliphatic heterocycles. The number of rotatable bonds is 6. The zero-order valence-corrected chi connectivity index (χ0v) is 15.1. The summed E-state index contributed by atoms with van der Waals surface area (Å²) in [5.41, 5.74) is 1.92. The molecule has 25 heavy (non-hydrogen) atoms. The third-order valence-electron chi connectivity index (χ3n) is 3.26. The minimum Gasteiger partial charge on any atom is -0.457 e. The molecule has 0 radical (unpaired) electrons. The van der Waals surface area contributed by atoms with Gasteiger partial charge in [-0.05, 0) is 48.6 Å². The van der Waals surface area contributed by atoms with Gasteiger partial charge in [0.25, 0.3) is 0 Å². The van der Waals surface area contributed by atoms with E-state index in [0.29, 0.717) is 11.7 Å². The Morgan fingerprint density at radius 2 is 1.84 bits per heavy atom. The first-order chi connectivity index (χ1) is 12.2. The highest BCUT2D eigenvalue weighted by atomic mass is 32.1. The number of thiocarbonyl (C=S) groups is 1. The molecule has 0 unspecified atom stereocenters. The van der Waals surface area contributed by atoms with Crippen molar-refractivity contribution in [3.8, 4) is 22.8 Å². The monoisotopic (exact) mass is 367 g/mol. The van der Waals surface area contributed by atoms with Crippen LogP contribution in [0.4, 0.5) is 5.13 Å². The number of ether oxygens (including phenoxy) is 1. The maximum atomic E-state index is 5.80. The molecule has 4 nitrogen and oxygen atoms in total. The molecule has 1 heterocycles. The Hall–Kier alpha value is -2.70. The summed E-state index contributed by atoms with van der Waals surface area (Å²) in [5, 5.41) is 9.36. The Morgan fingerprint density at radius 1 is 1.12 bits per heavy atom. The number of benzene rings is 2. The molecular formula is C19H17N3OS2. The Balaban J connectivity index is 1.64. The normalized spacial score (nSPS) is 10.1. The Kier molecular flexibility index (Phi) is 5.77. The number of nitrogens with one attached hydrogen (secondary N) is 2. The van der Waals surface area contributed by atoms with Crippen LogP contribution in [-0.4, -0.2) is 16.6 Å². The average Bonchev–Trinajstić information content (AvgIpc) is 3.10. The van der Waals surface area contributed by atoms with Crippen LogP contribution in [0.15, 0.2) is 72.6 Å². The zero-order chi connectivity index (χ0) is 17.5. The van der Waals surface area contributed by atoms with Crippen LogP contribution in [0.2, 0.25) is 0 Å². The Bertz CT molecular complexity index is 845. The van der Waals surface area contributed by atoms with Gasteiger partial charge in [0.1, 0.15) is 11.5 Å². The van der Waals surface area contributed by atoms with E-state index in [1.54, 1.807) is 6.08 Å². The van der Waals surface area contributed by atoms with E-state index in [9.17, 15) is 0 Å². The molecule has 3 aromatic rings. The van der Waals surface area contributed by atoms with Crippen molar-refractivity contribution in [1.82, 2.24) is 10.3 Å². The van der Waals surface area contributed by atoms with E-state index in [4.69, 9.17) is 17.0 Å². The van der Waals surface area contributed by atoms with Crippen LogP contribution < -0.4 is 15.4 Å². The van der Waals surface area contributed by atoms with Gasteiger partial charge in [0, 0.05) is 17.5 Å². The van der Waals surface area contributed by atoms with Crippen molar-refractivity contribution in [3.63, 3.8) is 0 Å². The standard InChI is InChI=1S/C19H17N3OS2/c1-2-12-20-18(24)22-19-21-17(13-25-19)14-8-10-16(11-9-14)23-15-6-4-3-5-7-15/h2-11,13H,1,12H2,(H2,20,21,22,24). The Morgan fingerprint density at radius 3 is 2.56 bits per heavy atom. The maximum absolute atomic E-state index is 5.80. The topological polar surface area (TPSA) is 46.2 Å². The van der Waals surface area contributed by atoms with E-state index in [1.165, 1.54) is 11.3 Å². The molecule has 6 heteroatoms. The van der Waals surface area contributed by atoms with Crippen molar-refractivity contribution >= 4 is 33.8 Å². The predicted molar refractivity (Wildman–Crippen MR) is 108 cm³/mol. The molecule has 0 atom stereocenters. The van der Waals surface area contributed by atoms with E-state index in [0.717, 1.165) is 27.9 Å². The van der Waals surface area contributed by atoms with Crippen molar-refractivity contribution in [1.29, 1.82) is 0 Å². The number of hydrogen-bond acceptors (Lipinski definition) is 4. The molecule has 2 N–H and O–H groups in total. The van der Waals surface area contributed by atoms with Crippen molar-refractivity contribution in [2.45, 2.75) is 0 Å². The van der Waals surface area contributed by atoms with Gasteiger partial charge in [-0.15, -0.1) is 17.9 Å². The Labute approximate surface area is 156 Å². The fourth-order valence-electron chi connectivity index (χ4n) is 2.09. The van der Waals surface area contributed by atoms with Gasteiger partial charge in [-0.3, -0.25) is 0 Å². The summed E-state index contributed by atoms with van der Waals surface area (Å²) in [7, 11) is 0. The predicted octanol–water partition coefficient (Wildman–Crippen LogP) is 5.07. The second kappa shape index (κ2) is 8.41. The molecule has 3 rings (SSSR count). The molecular weight excluding hydrogens is 350 g/mol. The molecule has 2 aromatic carbocycles. The van der Waals surface area contributed by atoms with Crippen LogP contribution >= 0.6 is 23.6 Å². The SMILES string of the molecule is C=CCNC(=S)Nc1nc(-c2ccc(Oc3ccccc3)cc2)cs1. The molecule has 0 saturated heterocycles. The van der Waals surface area contributed by atoms with E-state index in [1.807, 2.05) is 60.0 Å². The minimum atomic E-state index is 0.535. The smallest absolute Gasteiger partial charge is 0.189 e. The number of aromatic nitrogens is 1. The maximum Gasteiger partial charge on any atom is 0.189 e. The third kappa shape index (κ3) is 4.89. The molecule has 0 aliphatic carbocycles. The number of para-hydroxylation sites is 1. The highest BCUT2D eigenvalue weighted by Crippen LogP contribution is 2.28. The molecule has 1 aromatic heterocycles. The molecule has 0 amide bonds. The highest BCUT2D eigenvalue weighted by Gasteiger charge is 2.06. The summed E-state index contributed by atoms with van der Waals surface area (Å²) in [6.45, 7) is 4.26. The van der Waals surface area contributed by atoms with Crippen LogP contribution in [-0.2, 0) is 0 Å². The number of thiazole rings is 1. The van der Waals surface area contributed by atoms with Crippen LogP contribution in [0.5, 0.6) is 11.5 Å². The summed E-state index contributed by atoms with van der Waals surface area (Å²) in [6.07, 6.45) is 1.75. The van der Waals surface area contributed by atoms with Crippen LogP contribution in [0.3, 0.4) is 0 Å². The van der Waals surface area contributed by atoms with Gasteiger partial charge in [0.15, 0.2) is 10.2 Å². The van der Waals surface area contributed by atoms with E-state index >= 15 is 0 Å². The molecule has 0 fully saturated rings. The van der Waals surface area contributed by atoms with E-state index in [-0.39, 0.29) is 0 Å². The average molecular weight is 367 g/mol. The summed E-state index contributed by atoms with van der Waals surface area (Å²) in [5.74, 6) is 1.61. The summed E-state index contributed by atoms with van der Waals surface area (Å²) < 4.78 is 5.80. The fourth-order valence-corrected chi connectivity index (χ4v) is 3.06. The molecule has 0 aliphatic rings. The lowest BCUT2D eigenvalue weighted by atomic mass is 10.2. The quantitative estimate of drug-likeness (QED) is 0.470. The van der Waals surface area contributed by atoms with Gasteiger partial charge in [-0.2, -0.15) is 0 Å². The van der Waals surface area contributed by atoms with Crippen LogP contribution in [0, 0.1) is 0 Å². The first-order valence-electron chi connectivity index (χ1n) is 7.69. The van der Waals surface area contributed by atoms with Crippen molar-refractivity contribution in [2.24, 2.45) is 0 Å². The van der Waals surface area contributed by atoms with E-state index < -0.39 is 0 Å². The third-order valence-corrected chi connectivity index (χ3v) is 4.26. The van der Waals surface area contributed by atoms with E-state index in [2.05, 4.69) is 22.2 Å². The summed E-state index contributed by atoms with van der Waals surface area (Å²) >= 11 is 6.69. The fraction of sp³-hybridized carbons (Fsp3) is 0.0526. The molecule has 0 bridgehead atoms. The van der Waals surface area contributed by atoms with Crippen molar-refractivity contribution < 1.29 is 4.74 Å². The highest BCUT2D eigenvalue weighted by molar-refractivity contribution is 7.80. The van der Waals surface area contributed by atoms with Gasteiger partial charge in [-0.1, -0.05) is 24.3 Å². The zero-order valence-electron chi connectivity index (χ0n) is 13.4. The van der Waals surface area contributed by atoms with Gasteiger partial charge < -0.3 is 15.4 Å². The van der Waals surface area contributed by atoms with Gasteiger partial charge in [0.05, 0.1) is 5.69 Å². The second-order valence-corrected chi connectivity index (χ2v) is 6.37. The van der Waals surface area contributed by atoms with Crippen LogP contribution in [0.1, 0.15) is 0 Å². The first kappa shape index (κ1) is 17.1. The molecule has 0 saturated carbocycles. The number of hydrogen-bond donors (Lipinski definition) is 2. The lowest BCUT2D eigenvalue weighted by molar-refractivity contribution is 0.483. The largest absolute Gasteiger partial charge is 0.457 e. The molecule has 0 spiro atoms. The minimum absolute atomic E-state index is 0.535. The van der Waals surface area contributed by atoms with Crippen molar-refractivity contribution in [3.05, 3.63) is 72.6 Å². The van der Waals surface area contributed by atoms with Gasteiger partial charge >= 0.3 is 0 Å². The first-order valence-corrected chi connectivity index (χ1v) is 8.98. The molecule has 126 valence electrons. The van der Waals surface area contributed by atoms with Gasteiger partial charge in [0.2, 0.25) is 0 Å². The van der Waals surface area contributed by atoms with Gasteiger partial charge in [-0.25, -0.2) is 4.98 Å². The lowest BCUT2D eigenvalue weighted by Crippen LogP contribution is -2.28. The second-order valence-electron chi connectivity index (χ2n) is 5.10. The summed E-state index contributed by atoms with van der Waals surface area (Å²) in [6, 6.07) is 17.6. The lowest BCUT2D eigenvalue weighted by Gasteiger charge is -2.06. The van der Waals surface area contributed by atoms with Crippen LogP contribution in [0.25, 0.3) is 11.3 Å².